The fourth-order valence-corrected chi connectivity index (χ4v) is 4.34. The highest BCUT2D eigenvalue weighted by molar-refractivity contribution is 6.74. The van der Waals surface area contributed by atoms with Crippen LogP contribution in [0.1, 0.15) is 33.4 Å². The largest absolute Gasteiger partial charge is 0.481 e. The fourth-order valence-electron chi connectivity index (χ4n) is 3.02. The van der Waals surface area contributed by atoms with Crippen molar-refractivity contribution in [1.82, 2.24) is 9.55 Å². The van der Waals surface area contributed by atoms with Crippen LogP contribution < -0.4 is 11.2 Å². The summed E-state index contributed by atoms with van der Waals surface area (Å²) in [7, 11) is -2.37. The van der Waals surface area contributed by atoms with Gasteiger partial charge in [-0.3, -0.25) is 19.1 Å². The van der Waals surface area contributed by atoms with E-state index in [2.05, 4.69) is 15.0 Å². The molecule has 1 aromatic rings. The number of aromatic nitrogens is 2. The van der Waals surface area contributed by atoms with Crippen LogP contribution in [-0.2, 0) is 14.0 Å². The number of nitrogens with one attached hydrogen (secondary N) is 1. The van der Waals surface area contributed by atoms with Gasteiger partial charge in [-0.25, -0.2) is 4.79 Å². The first-order valence-electron chi connectivity index (χ1n) is 9.25. The number of hydrogen-bond donors (Lipinski definition) is 2. The molecule has 2 heterocycles. The maximum atomic E-state index is 12.4. The molecule has 1 aliphatic rings. The van der Waals surface area contributed by atoms with E-state index in [0.29, 0.717) is 0 Å². The molecule has 0 saturated carbocycles. The highest BCUT2D eigenvalue weighted by Crippen LogP contribution is 2.44. The SMILES string of the molecule is CC(C)(C)[Si](C)(C)O[C@@H]1[C@H](CN=[N+]=[N-])[C@@H](CC(=O)O)O[C@H]1n1ccc(=O)[nH]c1=O. The first kappa shape index (κ1) is 22.9. The normalized spacial score (nSPS) is 24.9. The van der Waals surface area contributed by atoms with E-state index >= 15 is 0 Å². The van der Waals surface area contributed by atoms with E-state index in [0.717, 1.165) is 0 Å². The summed E-state index contributed by atoms with van der Waals surface area (Å²) in [5, 5.41) is 12.7. The van der Waals surface area contributed by atoms with Crippen LogP contribution in [-0.4, -0.2) is 47.7 Å². The molecule has 11 nitrogen and oxygen atoms in total. The van der Waals surface area contributed by atoms with Crippen molar-refractivity contribution in [2.45, 2.75) is 63.8 Å². The predicted octanol–water partition coefficient (Wildman–Crippen LogP) is 2.23. The summed E-state index contributed by atoms with van der Waals surface area (Å²) in [6.45, 7) is 10.2. The zero-order chi connectivity index (χ0) is 22.0. The van der Waals surface area contributed by atoms with E-state index in [9.17, 15) is 19.5 Å². The Kier molecular flexibility index (Phi) is 6.73. The number of ether oxygens (including phenoxy) is 1. The number of H-pyrrole nitrogens is 1. The second-order valence-electron chi connectivity index (χ2n) is 8.60. The summed E-state index contributed by atoms with van der Waals surface area (Å²) >= 11 is 0. The van der Waals surface area contributed by atoms with Crippen LogP contribution in [0.2, 0.25) is 18.1 Å². The molecule has 0 radical (unpaired) electrons. The molecule has 2 N–H and O–H groups in total. The number of hydrogen-bond acceptors (Lipinski definition) is 6. The Morgan fingerprint density at radius 1 is 1.45 bits per heavy atom. The number of aromatic amines is 1. The Hall–Kier alpha value is -2.40. The molecule has 2 rings (SSSR count). The molecule has 0 spiro atoms. The lowest BCUT2D eigenvalue weighted by atomic mass is 9.96. The van der Waals surface area contributed by atoms with Gasteiger partial charge in [0.25, 0.3) is 5.56 Å². The smallest absolute Gasteiger partial charge is 0.330 e. The molecule has 160 valence electrons. The van der Waals surface area contributed by atoms with Gasteiger partial charge in [0.05, 0.1) is 18.6 Å². The van der Waals surface area contributed by atoms with E-state index in [1.807, 2.05) is 33.9 Å². The van der Waals surface area contributed by atoms with Gasteiger partial charge in [-0.1, -0.05) is 25.9 Å². The number of nitrogens with zero attached hydrogens (tertiary/aromatic N) is 4. The van der Waals surface area contributed by atoms with Crippen LogP contribution in [0.3, 0.4) is 0 Å². The first-order chi connectivity index (χ1) is 13.4. The van der Waals surface area contributed by atoms with E-state index in [1.165, 1.54) is 16.8 Å². The fraction of sp³-hybridized carbons (Fsp3) is 0.706. The highest BCUT2D eigenvalue weighted by Gasteiger charge is 2.51. The number of aliphatic carboxylic acids is 1. The lowest BCUT2D eigenvalue weighted by molar-refractivity contribution is -0.141. The molecule has 0 bridgehead atoms. The minimum atomic E-state index is -2.37. The zero-order valence-electron chi connectivity index (χ0n) is 17.2. The Morgan fingerprint density at radius 3 is 2.62 bits per heavy atom. The summed E-state index contributed by atoms with van der Waals surface area (Å²) in [6.07, 6.45) is -1.55. The summed E-state index contributed by atoms with van der Waals surface area (Å²) in [5.41, 5.74) is 7.53. The van der Waals surface area contributed by atoms with Crippen molar-refractivity contribution in [1.29, 1.82) is 0 Å². The lowest BCUT2D eigenvalue weighted by Crippen LogP contribution is -2.48. The number of carboxylic acid groups (broad SMARTS) is 1. The maximum Gasteiger partial charge on any atom is 0.330 e. The molecule has 4 atom stereocenters. The Labute approximate surface area is 168 Å². The summed E-state index contributed by atoms with van der Waals surface area (Å²) in [4.78, 5) is 40.1. The minimum Gasteiger partial charge on any atom is -0.481 e. The van der Waals surface area contributed by atoms with Gasteiger partial charge in [0.15, 0.2) is 14.5 Å². The molecule has 0 aromatic carbocycles. The topological polar surface area (TPSA) is 159 Å². The quantitative estimate of drug-likeness (QED) is 0.295. The molecular weight excluding hydrogens is 398 g/mol. The Balaban J connectivity index is 2.55. The third-order valence-corrected chi connectivity index (χ3v) is 10.1. The van der Waals surface area contributed by atoms with E-state index < -0.39 is 49.9 Å². The lowest BCUT2D eigenvalue weighted by Gasteiger charge is -2.40. The van der Waals surface area contributed by atoms with Gasteiger partial charge in [-0.2, -0.15) is 0 Å². The third kappa shape index (κ3) is 5.15. The van der Waals surface area contributed by atoms with Crippen molar-refractivity contribution in [2.75, 3.05) is 6.54 Å². The van der Waals surface area contributed by atoms with Crippen molar-refractivity contribution in [2.24, 2.45) is 11.0 Å². The molecule has 0 amide bonds. The van der Waals surface area contributed by atoms with Gasteiger partial charge in [-0.05, 0) is 23.7 Å². The van der Waals surface area contributed by atoms with Gasteiger partial charge in [0.2, 0.25) is 0 Å². The van der Waals surface area contributed by atoms with Crippen molar-refractivity contribution < 1.29 is 19.1 Å². The van der Waals surface area contributed by atoms with E-state index in [1.54, 1.807) is 0 Å². The second kappa shape index (κ2) is 8.53. The highest BCUT2D eigenvalue weighted by atomic mass is 28.4. The van der Waals surface area contributed by atoms with Crippen LogP contribution in [0.4, 0.5) is 0 Å². The van der Waals surface area contributed by atoms with Crippen molar-refractivity contribution in [3.8, 4) is 0 Å². The second-order valence-corrected chi connectivity index (χ2v) is 13.4. The van der Waals surface area contributed by atoms with Gasteiger partial charge < -0.3 is 14.3 Å². The number of azide groups is 1. The summed E-state index contributed by atoms with van der Waals surface area (Å²) in [6, 6.07) is 1.18. The van der Waals surface area contributed by atoms with E-state index in [4.69, 9.17) is 14.7 Å². The molecule has 1 fully saturated rings. The molecule has 12 heteroatoms. The zero-order valence-corrected chi connectivity index (χ0v) is 18.2. The average Bonchev–Trinajstić information content (AvgIpc) is 2.88. The molecule has 1 saturated heterocycles. The molecule has 1 aliphatic heterocycles. The summed E-state index contributed by atoms with van der Waals surface area (Å²) in [5.74, 6) is -1.65. The number of carbonyl (C=O) groups is 1. The molecule has 1 aromatic heterocycles. The van der Waals surface area contributed by atoms with Crippen molar-refractivity contribution in [3.05, 3.63) is 43.5 Å². The predicted molar refractivity (Wildman–Crippen MR) is 107 cm³/mol. The monoisotopic (exact) mass is 425 g/mol. The van der Waals surface area contributed by atoms with Gasteiger partial charge >= 0.3 is 11.7 Å². The van der Waals surface area contributed by atoms with Crippen LogP contribution >= 0.6 is 0 Å². The number of rotatable bonds is 7. The van der Waals surface area contributed by atoms with Crippen molar-refractivity contribution >= 4 is 14.3 Å². The minimum absolute atomic E-state index is 0.0393. The maximum absolute atomic E-state index is 12.4. The molecular formula is C17H27N5O6Si. The van der Waals surface area contributed by atoms with E-state index in [-0.39, 0.29) is 18.0 Å². The molecule has 0 aliphatic carbocycles. The van der Waals surface area contributed by atoms with Gasteiger partial charge in [0.1, 0.15) is 0 Å². The van der Waals surface area contributed by atoms with Crippen LogP contribution in [0.5, 0.6) is 0 Å². The molecule has 29 heavy (non-hydrogen) atoms. The standard InChI is InChI=1S/C17H27N5O6Si/c1-17(2,3)29(4,5)28-14-10(9-19-21-18)11(8-13(24)25)27-15(14)22-7-6-12(23)20-16(22)26/h6-7,10-11,14-15H,8-9H2,1-5H3,(H,24,25)(H,20,23,26)/t10-,11-,14-,15-/m1/s1. The van der Waals surface area contributed by atoms with Crippen LogP contribution in [0, 0.1) is 5.92 Å². The first-order valence-corrected chi connectivity index (χ1v) is 12.2. The van der Waals surface area contributed by atoms with Crippen LogP contribution in [0.15, 0.2) is 27.0 Å². The van der Waals surface area contributed by atoms with Crippen LogP contribution in [0.25, 0.3) is 10.4 Å². The number of carboxylic acids is 1. The van der Waals surface area contributed by atoms with Gasteiger partial charge in [0, 0.05) is 29.6 Å². The molecule has 0 unspecified atom stereocenters. The van der Waals surface area contributed by atoms with Crippen molar-refractivity contribution in [3.63, 3.8) is 0 Å². The Morgan fingerprint density at radius 2 is 2.10 bits per heavy atom. The average molecular weight is 426 g/mol. The summed E-state index contributed by atoms with van der Waals surface area (Å²) < 4.78 is 13.6. The van der Waals surface area contributed by atoms with Gasteiger partial charge in [-0.15, -0.1) is 0 Å². The Bertz CT molecular complexity index is 914. The third-order valence-electron chi connectivity index (χ3n) is 5.59.